The maximum atomic E-state index is 9.47. The van der Waals surface area contributed by atoms with Crippen LogP contribution in [0, 0.1) is 0 Å². The van der Waals surface area contributed by atoms with Crippen LogP contribution in [0.2, 0.25) is 0 Å². The van der Waals surface area contributed by atoms with E-state index < -0.39 is 5.60 Å². The van der Waals surface area contributed by atoms with Crippen molar-refractivity contribution in [1.29, 1.82) is 0 Å². The van der Waals surface area contributed by atoms with Crippen molar-refractivity contribution in [2.24, 2.45) is 5.73 Å². The molecule has 2 nitrogen and oxygen atoms in total. The van der Waals surface area contributed by atoms with Crippen LogP contribution in [0.3, 0.4) is 0 Å². The van der Waals surface area contributed by atoms with Gasteiger partial charge in [-0.2, -0.15) is 0 Å². The van der Waals surface area contributed by atoms with Crippen LogP contribution in [0.5, 0.6) is 0 Å². The SMILES string of the molecule is CCCC(C)(O)C(C)N. The number of hydrogen-bond acceptors (Lipinski definition) is 2. The van der Waals surface area contributed by atoms with Crippen LogP contribution < -0.4 is 5.73 Å². The lowest BCUT2D eigenvalue weighted by Gasteiger charge is -2.26. The average Bonchev–Trinajstić information content (AvgIpc) is 1.65. The highest BCUT2D eigenvalue weighted by molar-refractivity contribution is 4.80. The molecule has 56 valence electrons. The molecule has 0 saturated heterocycles. The van der Waals surface area contributed by atoms with Crippen LogP contribution in [-0.4, -0.2) is 16.7 Å². The van der Waals surface area contributed by atoms with E-state index in [-0.39, 0.29) is 6.04 Å². The first-order valence-corrected chi connectivity index (χ1v) is 3.48. The summed E-state index contributed by atoms with van der Waals surface area (Å²) in [5.41, 5.74) is 4.83. The van der Waals surface area contributed by atoms with Crippen LogP contribution in [0.25, 0.3) is 0 Å². The summed E-state index contributed by atoms with van der Waals surface area (Å²) in [7, 11) is 0. The maximum absolute atomic E-state index is 9.47. The van der Waals surface area contributed by atoms with Gasteiger partial charge >= 0.3 is 0 Å². The molecular formula is C7H17NO. The van der Waals surface area contributed by atoms with E-state index in [2.05, 4.69) is 0 Å². The molecule has 0 heterocycles. The molecule has 9 heavy (non-hydrogen) atoms. The second-order valence-corrected chi connectivity index (χ2v) is 2.90. The van der Waals surface area contributed by atoms with E-state index in [4.69, 9.17) is 5.73 Å². The molecule has 0 bridgehead atoms. The van der Waals surface area contributed by atoms with Crippen molar-refractivity contribution in [1.82, 2.24) is 0 Å². The van der Waals surface area contributed by atoms with Gasteiger partial charge in [-0.05, 0) is 20.3 Å². The van der Waals surface area contributed by atoms with Crippen LogP contribution in [0.4, 0.5) is 0 Å². The van der Waals surface area contributed by atoms with Gasteiger partial charge in [0.25, 0.3) is 0 Å². The minimum absolute atomic E-state index is 0.127. The second kappa shape index (κ2) is 3.18. The molecule has 0 fully saturated rings. The van der Waals surface area contributed by atoms with Gasteiger partial charge < -0.3 is 10.8 Å². The summed E-state index contributed by atoms with van der Waals surface area (Å²) in [4.78, 5) is 0. The summed E-state index contributed by atoms with van der Waals surface area (Å²) in [6.45, 7) is 5.65. The third-order valence-electron chi connectivity index (χ3n) is 1.74. The third-order valence-corrected chi connectivity index (χ3v) is 1.74. The summed E-state index contributed by atoms with van der Waals surface area (Å²) in [6, 6.07) is -0.127. The highest BCUT2D eigenvalue weighted by atomic mass is 16.3. The molecule has 0 radical (unpaired) electrons. The molecule has 0 aromatic rings. The number of nitrogens with two attached hydrogens (primary N) is 1. The van der Waals surface area contributed by atoms with Crippen molar-refractivity contribution in [2.45, 2.75) is 45.3 Å². The van der Waals surface area contributed by atoms with Gasteiger partial charge in [0.2, 0.25) is 0 Å². The van der Waals surface area contributed by atoms with Crippen molar-refractivity contribution in [3.63, 3.8) is 0 Å². The Hall–Kier alpha value is -0.0800. The van der Waals surface area contributed by atoms with Crippen LogP contribution in [-0.2, 0) is 0 Å². The Morgan fingerprint density at radius 3 is 2.22 bits per heavy atom. The van der Waals surface area contributed by atoms with E-state index in [1.54, 1.807) is 6.92 Å². The van der Waals surface area contributed by atoms with Gasteiger partial charge in [-0.15, -0.1) is 0 Å². The first kappa shape index (κ1) is 8.92. The third kappa shape index (κ3) is 2.82. The van der Waals surface area contributed by atoms with E-state index >= 15 is 0 Å². The monoisotopic (exact) mass is 131 g/mol. The van der Waals surface area contributed by atoms with Crippen LogP contribution >= 0.6 is 0 Å². The normalized spacial score (nSPS) is 21.0. The fraction of sp³-hybridized carbons (Fsp3) is 1.00. The molecular weight excluding hydrogens is 114 g/mol. The van der Waals surface area contributed by atoms with Crippen molar-refractivity contribution in [3.05, 3.63) is 0 Å². The summed E-state index contributed by atoms with van der Waals surface area (Å²) in [5.74, 6) is 0. The van der Waals surface area contributed by atoms with Gasteiger partial charge in [-0.25, -0.2) is 0 Å². The molecule has 0 rings (SSSR count). The topological polar surface area (TPSA) is 46.2 Å². The summed E-state index contributed by atoms with van der Waals surface area (Å²) in [5, 5.41) is 9.47. The summed E-state index contributed by atoms with van der Waals surface area (Å²) < 4.78 is 0. The van der Waals surface area contributed by atoms with Crippen molar-refractivity contribution in [3.8, 4) is 0 Å². The number of aliphatic hydroxyl groups is 1. The average molecular weight is 131 g/mol. The van der Waals surface area contributed by atoms with E-state index in [1.165, 1.54) is 0 Å². The molecule has 0 aromatic carbocycles. The molecule has 2 unspecified atom stereocenters. The predicted molar refractivity (Wildman–Crippen MR) is 39.2 cm³/mol. The standard InChI is InChI=1S/C7H17NO/c1-4-5-7(3,9)6(2)8/h6,9H,4-5,8H2,1-3H3. The zero-order valence-corrected chi connectivity index (χ0v) is 6.52. The minimum Gasteiger partial charge on any atom is -0.389 e. The van der Waals surface area contributed by atoms with Gasteiger partial charge in [0.05, 0.1) is 5.60 Å². The van der Waals surface area contributed by atoms with Gasteiger partial charge in [-0.1, -0.05) is 13.3 Å². The first-order chi connectivity index (χ1) is 4.00. The zero-order valence-electron chi connectivity index (χ0n) is 6.52. The van der Waals surface area contributed by atoms with Crippen LogP contribution in [0.15, 0.2) is 0 Å². The molecule has 2 atom stereocenters. The molecule has 0 aromatic heterocycles. The Bertz CT molecular complexity index is 79.0. The smallest absolute Gasteiger partial charge is 0.0767 e. The van der Waals surface area contributed by atoms with Crippen molar-refractivity contribution in [2.75, 3.05) is 0 Å². The fourth-order valence-corrected chi connectivity index (χ4v) is 0.734. The number of rotatable bonds is 3. The Kier molecular flexibility index (Phi) is 3.15. The second-order valence-electron chi connectivity index (χ2n) is 2.90. The Morgan fingerprint density at radius 2 is 2.11 bits per heavy atom. The molecule has 0 spiro atoms. The van der Waals surface area contributed by atoms with E-state index in [0.717, 1.165) is 12.8 Å². The van der Waals surface area contributed by atoms with Crippen molar-refractivity contribution >= 4 is 0 Å². The molecule has 2 heteroatoms. The zero-order chi connectivity index (χ0) is 7.49. The molecule has 3 N–H and O–H groups in total. The Morgan fingerprint density at radius 1 is 1.67 bits per heavy atom. The lowest BCUT2D eigenvalue weighted by atomic mass is 9.94. The van der Waals surface area contributed by atoms with Gasteiger partial charge in [0.15, 0.2) is 0 Å². The van der Waals surface area contributed by atoms with E-state index in [0.29, 0.717) is 0 Å². The molecule has 0 aliphatic rings. The van der Waals surface area contributed by atoms with Crippen molar-refractivity contribution < 1.29 is 5.11 Å². The lowest BCUT2D eigenvalue weighted by molar-refractivity contribution is 0.0292. The van der Waals surface area contributed by atoms with E-state index in [1.807, 2.05) is 13.8 Å². The predicted octanol–water partition coefficient (Wildman–Crippen LogP) is 0.885. The molecule has 0 amide bonds. The quantitative estimate of drug-likeness (QED) is 0.597. The summed E-state index contributed by atoms with van der Waals surface area (Å²) in [6.07, 6.45) is 1.76. The highest BCUT2D eigenvalue weighted by Gasteiger charge is 2.23. The Labute approximate surface area is 57.1 Å². The maximum Gasteiger partial charge on any atom is 0.0767 e. The highest BCUT2D eigenvalue weighted by Crippen LogP contribution is 2.14. The summed E-state index contributed by atoms with van der Waals surface area (Å²) >= 11 is 0. The molecule has 0 aliphatic heterocycles. The van der Waals surface area contributed by atoms with Gasteiger partial charge in [0.1, 0.15) is 0 Å². The van der Waals surface area contributed by atoms with Gasteiger partial charge in [-0.3, -0.25) is 0 Å². The molecule has 0 aliphatic carbocycles. The fourth-order valence-electron chi connectivity index (χ4n) is 0.734. The lowest BCUT2D eigenvalue weighted by Crippen LogP contribution is -2.43. The Balaban J connectivity index is 3.70. The largest absolute Gasteiger partial charge is 0.389 e. The minimum atomic E-state index is -0.672. The van der Waals surface area contributed by atoms with Gasteiger partial charge in [0, 0.05) is 6.04 Å². The van der Waals surface area contributed by atoms with Crippen LogP contribution in [0.1, 0.15) is 33.6 Å². The molecule has 0 saturated carbocycles. The first-order valence-electron chi connectivity index (χ1n) is 3.48. The number of hydrogen-bond donors (Lipinski definition) is 2. The van der Waals surface area contributed by atoms with E-state index in [9.17, 15) is 5.11 Å².